The van der Waals surface area contributed by atoms with Crippen LogP contribution in [0.15, 0.2) is 53.7 Å². The van der Waals surface area contributed by atoms with Crippen LogP contribution in [0.5, 0.6) is 0 Å². The minimum absolute atomic E-state index is 0.00428. The van der Waals surface area contributed by atoms with Crippen LogP contribution in [0, 0.1) is 0 Å². The van der Waals surface area contributed by atoms with Gasteiger partial charge in [-0.3, -0.25) is 9.36 Å². The number of aromatic nitrogens is 7. The van der Waals surface area contributed by atoms with Crippen LogP contribution >= 0.6 is 11.6 Å². The van der Waals surface area contributed by atoms with Crippen molar-refractivity contribution in [3.8, 4) is 17.1 Å². The zero-order chi connectivity index (χ0) is 29.5. The van der Waals surface area contributed by atoms with E-state index in [0.717, 1.165) is 4.68 Å². The fourth-order valence-electron chi connectivity index (χ4n) is 4.19. The summed E-state index contributed by atoms with van der Waals surface area (Å²) in [5.41, 5.74) is -0.628. The predicted octanol–water partition coefficient (Wildman–Crippen LogP) is 2.84. The molecule has 1 amide bonds. The molecule has 3 heterocycles. The Kier molecular flexibility index (Phi) is 7.37. The van der Waals surface area contributed by atoms with Crippen LogP contribution in [0.25, 0.3) is 17.1 Å². The topological polar surface area (TPSA) is 133 Å². The zero-order valence-corrected chi connectivity index (χ0v) is 21.5. The highest BCUT2D eigenvalue weighted by Gasteiger charge is 2.46. The average molecular weight is 599 g/mol. The molecule has 11 nitrogen and oxygen atoms in total. The van der Waals surface area contributed by atoms with Gasteiger partial charge in [0, 0.05) is 35.7 Å². The Hall–Kier alpha value is -4.18. The van der Waals surface area contributed by atoms with E-state index in [1.807, 2.05) is 0 Å². The van der Waals surface area contributed by atoms with Crippen molar-refractivity contribution in [3.63, 3.8) is 0 Å². The number of halogens is 6. The minimum atomic E-state index is -4.98. The van der Waals surface area contributed by atoms with Crippen LogP contribution in [-0.2, 0) is 13.1 Å². The highest BCUT2D eigenvalue weighted by Crippen LogP contribution is 2.37. The second-order valence-corrected chi connectivity index (χ2v) is 9.79. The Labute approximate surface area is 232 Å². The van der Waals surface area contributed by atoms with E-state index in [1.165, 1.54) is 53.6 Å². The molecule has 1 aliphatic carbocycles. The van der Waals surface area contributed by atoms with Crippen LogP contribution in [0.3, 0.4) is 0 Å². The number of alkyl halides is 5. The number of aliphatic hydroxyl groups is 1. The molecule has 4 aromatic rings. The molecule has 0 bridgehead atoms. The Bertz CT molecular complexity index is 1630. The number of benzene rings is 1. The Morgan fingerprint density at radius 1 is 1.15 bits per heavy atom. The molecule has 1 fully saturated rings. The quantitative estimate of drug-likeness (QED) is 0.298. The van der Waals surface area contributed by atoms with Gasteiger partial charge in [-0.2, -0.15) is 13.2 Å². The molecule has 5 rings (SSSR count). The number of nitrogens with one attached hydrogen (secondary N) is 1. The number of amides is 1. The Balaban J connectivity index is 1.42. The molecular formula is C24H20ClF5N8O3. The van der Waals surface area contributed by atoms with Crippen molar-refractivity contribution < 1.29 is 31.9 Å². The van der Waals surface area contributed by atoms with Crippen LogP contribution in [0.1, 0.15) is 29.2 Å². The number of hydrogen-bond acceptors (Lipinski definition) is 7. The van der Waals surface area contributed by atoms with Gasteiger partial charge in [-0.05, 0) is 36.4 Å². The zero-order valence-electron chi connectivity index (χ0n) is 20.8. The van der Waals surface area contributed by atoms with Crippen LogP contribution < -0.4 is 11.0 Å². The third-order valence-electron chi connectivity index (χ3n) is 6.26. The van der Waals surface area contributed by atoms with Gasteiger partial charge in [-0.1, -0.05) is 11.6 Å². The lowest BCUT2D eigenvalue weighted by molar-refractivity contribution is -0.207. The van der Waals surface area contributed by atoms with E-state index < -0.39 is 55.2 Å². The van der Waals surface area contributed by atoms with E-state index in [2.05, 4.69) is 25.5 Å². The van der Waals surface area contributed by atoms with Gasteiger partial charge >= 0.3 is 11.9 Å². The third kappa shape index (κ3) is 6.12. The normalized spacial score (nSPS) is 15.9. The second kappa shape index (κ2) is 10.7. The maximum atomic E-state index is 13.2. The number of carbonyl (C=O) groups is 1. The van der Waals surface area contributed by atoms with Gasteiger partial charge in [0.1, 0.15) is 12.9 Å². The highest BCUT2D eigenvalue weighted by molar-refractivity contribution is 6.30. The Morgan fingerprint density at radius 2 is 1.85 bits per heavy atom. The van der Waals surface area contributed by atoms with Gasteiger partial charge in [-0.15, -0.1) is 10.2 Å². The first-order chi connectivity index (χ1) is 19.3. The van der Waals surface area contributed by atoms with Crippen molar-refractivity contribution in [2.75, 3.05) is 0 Å². The van der Waals surface area contributed by atoms with Crippen LogP contribution in [-0.4, -0.2) is 69.4 Å². The fourth-order valence-corrected chi connectivity index (χ4v) is 4.32. The van der Waals surface area contributed by atoms with E-state index in [4.69, 9.17) is 11.6 Å². The lowest BCUT2D eigenvalue weighted by Gasteiger charge is -2.35. The summed E-state index contributed by atoms with van der Waals surface area (Å²) in [7, 11) is 0. The minimum Gasteiger partial charge on any atom is -0.382 e. The standard InChI is InChI=1S/C24H20ClF5N8O3/c25-14-5-3-13(4-6-14)20-35-37(22(41)36(20)10-17(39)24(28,29)30)11-18-32-12-38(34-18)16-2-1-7-31-19(16)21(40)33-15-8-23(26,27)9-15/h1-7,12,15,17,39H,8-11H2,(H,33,40)/t17-/m0/s1. The van der Waals surface area contributed by atoms with Crippen molar-refractivity contribution in [2.24, 2.45) is 0 Å². The van der Waals surface area contributed by atoms with Gasteiger partial charge in [0.25, 0.3) is 11.8 Å². The SMILES string of the molecule is O=C(NC1CC(F)(F)C1)c1ncccc1-n1cnc(Cn2nc(-c3ccc(Cl)cc3)n(C[C@H](O)C(F)(F)F)c2=O)n1. The summed E-state index contributed by atoms with van der Waals surface area (Å²) in [5.74, 6) is -3.66. The lowest BCUT2D eigenvalue weighted by atomic mass is 9.88. The number of carbonyl (C=O) groups excluding carboxylic acids is 1. The molecule has 17 heteroatoms. The van der Waals surface area contributed by atoms with E-state index in [-0.39, 0.29) is 35.1 Å². The molecule has 0 radical (unpaired) electrons. The van der Waals surface area contributed by atoms with Crippen LogP contribution in [0.2, 0.25) is 5.02 Å². The van der Waals surface area contributed by atoms with E-state index in [0.29, 0.717) is 9.59 Å². The molecule has 0 aliphatic heterocycles. The van der Waals surface area contributed by atoms with Crippen LogP contribution in [0.4, 0.5) is 22.0 Å². The molecule has 2 N–H and O–H groups in total. The number of rotatable bonds is 8. The molecule has 0 spiro atoms. The molecule has 0 unspecified atom stereocenters. The summed E-state index contributed by atoms with van der Waals surface area (Å²) in [6.07, 6.45) is -6.21. The first-order valence-electron chi connectivity index (χ1n) is 12.0. The van der Waals surface area contributed by atoms with Gasteiger partial charge < -0.3 is 10.4 Å². The van der Waals surface area contributed by atoms with Gasteiger partial charge in [-0.25, -0.2) is 32.9 Å². The molecule has 0 saturated heterocycles. The van der Waals surface area contributed by atoms with Crippen molar-refractivity contribution in [2.45, 2.75) is 50.2 Å². The molecular weight excluding hydrogens is 579 g/mol. The van der Waals surface area contributed by atoms with E-state index in [1.54, 1.807) is 0 Å². The average Bonchev–Trinajstić information content (AvgIpc) is 3.48. The van der Waals surface area contributed by atoms with E-state index >= 15 is 0 Å². The predicted molar refractivity (Wildman–Crippen MR) is 133 cm³/mol. The molecule has 1 aliphatic rings. The summed E-state index contributed by atoms with van der Waals surface area (Å²) in [6.45, 7) is -1.48. The smallest absolute Gasteiger partial charge is 0.382 e. The maximum Gasteiger partial charge on any atom is 0.416 e. The molecule has 1 aromatic carbocycles. The number of hydrogen-bond donors (Lipinski definition) is 2. The van der Waals surface area contributed by atoms with Crippen molar-refractivity contribution >= 4 is 17.5 Å². The number of pyridine rings is 1. The number of aliphatic hydroxyl groups excluding tert-OH is 1. The van der Waals surface area contributed by atoms with E-state index in [9.17, 15) is 36.6 Å². The maximum absolute atomic E-state index is 13.2. The van der Waals surface area contributed by atoms with Crippen molar-refractivity contribution in [1.82, 2.24) is 39.4 Å². The van der Waals surface area contributed by atoms with Crippen molar-refractivity contribution in [1.29, 1.82) is 0 Å². The first-order valence-corrected chi connectivity index (χ1v) is 12.4. The number of nitrogens with zero attached hydrogens (tertiary/aromatic N) is 7. The summed E-state index contributed by atoms with van der Waals surface area (Å²) < 4.78 is 68.3. The molecule has 3 aromatic heterocycles. The summed E-state index contributed by atoms with van der Waals surface area (Å²) in [6, 6.07) is 8.15. The molecule has 216 valence electrons. The summed E-state index contributed by atoms with van der Waals surface area (Å²) in [5, 5.41) is 20.9. The van der Waals surface area contributed by atoms with Gasteiger partial charge in [0.05, 0.1) is 12.2 Å². The molecule has 41 heavy (non-hydrogen) atoms. The lowest BCUT2D eigenvalue weighted by Crippen LogP contribution is -2.50. The fraction of sp³-hybridized carbons (Fsp3) is 0.333. The first kappa shape index (κ1) is 28.4. The monoisotopic (exact) mass is 598 g/mol. The van der Waals surface area contributed by atoms with Gasteiger partial charge in [0.2, 0.25) is 0 Å². The Morgan fingerprint density at radius 3 is 2.51 bits per heavy atom. The molecule has 1 saturated carbocycles. The highest BCUT2D eigenvalue weighted by atomic mass is 35.5. The van der Waals surface area contributed by atoms with Crippen molar-refractivity contribution in [3.05, 3.63) is 75.9 Å². The second-order valence-electron chi connectivity index (χ2n) is 9.35. The molecule has 1 atom stereocenters. The third-order valence-corrected chi connectivity index (χ3v) is 6.51. The largest absolute Gasteiger partial charge is 0.416 e. The summed E-state index contributed by atoms with van der Waals surface area (Å²) in [4.78, 5) is 33.9. The van der Waals surface area contributed by atoms with Gasteiger partial charge in [0.15, 0.2) is 23.4 Å². The summed E-state index contributed by atoms with van der Waals surface area (Å²) >= 11 is 5.90.